The number of methoxy groups -OCH3 is 1. The number of hydrogen-bond acceptors (Lipinski definition) is 6. The zero-order valence-corrected chi connectivity index (χ0v) is 19.2. The van der Waals surface area contributed by atoms with E-state index in [0.717, 1.165) is 4.31 Å². The molecule has 0 saturated carbocycles. The predicted octanol–water partition coefficient (Wildman–Crippen LogP) is 4.23. The minimum Gasteiger partial charge on any atom is -0.496 e. The van der Waals surface area contributed by atoms with E-state index in [0.29, 0.717) is 22.4 Å². The largest absolute Gasteiger partial charge is 0.496 e. The van der Waals surface area contributed by atoms with Crippen LogP contribution in [0.4, 0.5) is 0 Å². The topological polar surface area (TPSA) is 96.7 Å². The molecule has 0 radical (unpaired) electrons. The number of nitriles is 1. The number of carbonyl (C=O) groups excluding carboxylic acids is 1. The fourth-order valence-corrected chi connectivity index (χ4v) is 3.91. The summed E-state index contributed by atoms with van der Waals surface area (Å²) < 4.78 is 36.2. The van der Waals surface area contributed by atoms with Gasteiger partial charge in [-0.25, -0.2) is 17.5 Å². The van der Waals surface area contributed by atoms with E-state index >= 15 is 0 Å². The molecular formula is C25H22N2O5S. The second kappa shape index (κ2) is 10.1. The highest BCUT2D eigenvalue weighted by atomic mass is 32.2. The van der Waals surface area contributed by atoms with Crippen LogP contribution in [0.1, 0.15) is 21.5 Å². The van der Waals surface area contributed by atoms with Crippen molar-refractivity contribution in [2.45, 2.75) is 4.90 Å². The van der Waals surface area contributed by atoms with Crippen LogP contribution in [0.2, 0.25) is 0 Å². The second-order valence-electron chi connectivity index (χ2n) is 7.14. The maximum Gasteiger partial charge on any atom is 0.343 e. The number of sulfonamides is 1. The van der Waals surface area contributed by atoms with Crippen molar-refractivity contribution in [2.24, 2.45) is 0 Å². The van der Waals surface area contributed by atoms with E-state index in [1.807, 2.05) is 12.1 Å². The lowest BCUT2D eigenvalue weighted by Crippen LogP contribution is -2.22. The van der Waals surface area contributed by atoms with Gasteiger partial charge in [-0.05, 0) is 60.2 Å². The Bertz CT molecular complexity index is 1340. The standard InChI is InChI=1S/C25H22N2O5S/c1-27(2)33(29,30)22-13-11-19(12-14-22)25(28)32-21-8-6-7-18(16-21)15-20(17-26)23-9-4-5-10-24(23)31-3/h4-16H,1-3H3/b20-15-. The summed E-state index contributed by atoms with van der Waals surface area (Å²) in [6.45, 7) is 0. The van der Waals surface area contributed by atoms with E-state index in [4.69, 9.17) is 9.47 Å². The first-order chi connectivity index (χ1) is 15.8. The highest BCUT2D eigenvalue weighted by molar-refractivity contribution is 7.89. The van der Waals surface area contributed by atoms with E-state index < -0.39 is 16.0 Å². The summed E-state index contributed by atoms with van der Waals surface area (Å²) in [4.78, 5) is 12.6. The predicted molar refractivity (Wildman–Crippen MR) is 125 cm³/mol. The SMILES string of the molecule is COc1ccccc1/C(C#N)=C\c1cccc(OC(=O)c2ccc(S(=O)(=O)N(C)C)cc2)c1. The minimum atomic E-state index is -3.59. The molecule has 0 fully saturated rings. The molecule has 0 spiro atoms. The van der Waals surface area contributed by atoms with Crippen LogP contribution in [-0.4, -0.2) is 39.9 Å². The molecule has 0 heterocycles. The Kier molecular flexibility index (Phi) is 7.28. The third-order valence-electron chi connectivity index (χ3n) is 4.77. The van der Waals surface area contributed by atoms with Crippen LogP contribution in [0.3, 0.4) is 0 Å². The molecule has 3 aromatic rings. The Hall–Kier alpha value is -3.93. The number of rotatable bonds is 7. The van der Waals surface area contributed by atoms with E-state index in [9.17, 15) is 18.5 Å². The minimum absolute atomic E-state index is 0.0801. The van der Waals surface area contributed by atoms with Crippen LogP contribution in [0.5, 0.6) is 11.5 Å². The van der Waals surface area contributed by atoms with E-state index in [1.165, 1.54) is 45.5 Å². The maximum atomic E-state index is 12.5. The summed E-state index contributed by atoms with van der Waals surface area (Å²) in [5, 5.41) is 9.63. The average molecular weight is 463 g/mol. The first kappa shape index (κ1) is 23.7. The molecule has 0 aliphatic carbocycles. The van der Waals surface area contributed by atoms with Crippen molar-refractivity contribution in [3.63, 3.8) is 0 Å². The molecule has 33 heavy (non-hydrogen) atoms. The van der Waals surface area contributed by atoms with Crippen LogP contribution in [0.15, 0.2) is 77.7 Å². The highest BCUT2D eigenvalue weighted by Crippen LogP contribution is 2.28. The Morgan fingerprint density at radius 1 is 1.00 bits per heavy atom. The maximum absolute atomic E-state index is 12.5. The molecule has 168 valence electrons. The molecule has 0 bridgehead atoms. The van der Waals surface area contributed by atoms with Gasteiger partial charge in [-0.1, -0.05) is 24.3 Å². The molecule has 7 nitrogen and oxygen atoms in total. The Balaban J connectivity index is 1.82. The zero-order chi connectivity index (χ0) is 24.0. The average Bonchev–Trinajstić information content (AvgIpc) is 2.82. The highest BCUT2D eigenvalue weighted by Gasteiger charge is 2.18. The Morgan fingerprint density at radius 3 is 2.33 bits per heavy atom. The van der Waals surface area contributed by atoms with Crippen LogP contribution < -0.4 is 9.47 Å². The second-order valence-corrected chi connectivity index (χ2v) is 9.30. The van der Waals surface area contributed by atoms with Crippen molar-refractivity contribution in [1.29, 1.82) is 5.26 Å². The number of ether oxygens (including phenoxy) is 2. The fourth-order valence-electron chi connectivity index (χ4n) is 3.01. The summed E-state index contributed by atoms with van der Waals surface area (Å²) in [5.74, 6) is 0.235. The normalized spacial score (nSPS) is 11.7. The number of allylic oxidation sites excluding steroid dienone is 1. The number of para-hydroxylation sites is 1. The molecule has 0 amide bonds. The van der Waals surface area contributed by atoms with Crippen molar-refractivity contribution in [2.75, 3.05) is 21.2 Å². The molecule has 0 aliphatic rings. The zero-order valence-electron chi connectivity index (χ0n) is 18.3. The van der Waals surface area contributed by atoms with Gasteiger partial charge >= 0.3 is 5.97 Å². The molecule has 3 aromatic carbocycles. The first-order valence-electron chi connectivity index (χ1n) is 9.86. The van der Waals surface area contributed by atoms with Gasteiger partial charge in [-0.3, -0.25) is 0 Å². The summed E-state index contributed by atoms with van der Waals surface area (Å²) in [6.07, 6.45) is 1.68. The molecule has 0 unspecified atom stereocenters. The third kappa shape index (κ3) is 5.47. The number of hydrogen-bond donors (Lipinski definition) is 0. The molecule has 0 saturated heterocycles. The van der Waals surface area contributed by atoms with Crippen LogP contribution in [0, 0.1) is 11.3 Å². The number of benzene rings is 3. The molecule has 0 aromatic heterocycles. The molecule has 0 atom stereocenters. The first-order valence-corrected chi connectivity index (χ1v) is 11.3. The van der Waals surface area contributed by atoms with Crippen LogP contribution in [0.25, 0.3) is 11.6 Å². The summed E-state index contributed by atoms with van der Waals surface area (Å²) in [6, 6.07) is 21.6. The fraction of sp³-hybridized carbons (Fsp3) is 0.120. The summed E-state index contributed by atoms with van der Waals surface area (Å²) in [7, 11) is 0.822. The van der Waals surface area contributed by atoms with Crippen LogP contribution >= 0.6 is 0 Å². The lowest BCUT2D eigenvalue weighted by atomic mass is 10.0. The molecule has 0 aliphatic heterocycles. The van der Waals surface area contributed by atoms with Gasteiger partial charge < -0.3 is 9.47 Å². The quantitative estimate of drug-likeness (QED) is 0.226. The number of carbonyl (C=O) groups is 1. The summed E-state index contributed by atoms with van der Waals surface area (Å²) >= 11 is 0. The third-order valence-corrected chi connectivity index (χ3v) is 6.60. The Morgan fingerprint density at radius 2 is 1.70 bits per heavy atom. The lowest BCUT2D eigenvalue weighted by molar-refractivity contribution is 0.0734. The van der Waals surface area contributed by atoms with Crippen molar-refractivity contribution >= 4 is 27.6 Å². The van der Waals surface area contributed by atoms with Gasteiger partial charge in [0.15, 0.2) is 0 Å². The van der Waals surface area contributed by atoms with Gasteiger partial charge in [-0.15, -0.1) is 0 Å². The van der Waals surface area contributed by atoms with E-state index in [-0.39, 0.29) is 16.2 Å². The van der Waals surface area contributed by atoms with Crippen LogP contribution in [-0.2, 0) is 10.0 Å². The monoisotopic (exact) mass is 462 g/mol. The lowest BCUT2D eigenvalue weighted by Gasteiger charge is -2.11. The van der Waals surface area contributed by atoms with Crippen molar-refractivity contribution in [3.8, 4) is 17.6 Å². The number of nitrogens with zero attached hydrogens (tertiary/aromatic N) is 2. The van der Waals surface area contributed by atoms with Gasteiger partial charge in [0.1, 0.15) is 11.5 Å². The van der Waals surface area contributed by atoms with Crippen molar-refractivity contribution in [3.05, 3.63) is 89.5 Å². The van der Waals surface area contributed by atoms with Gasteiger partial charge in [0, 0.05) is 19.7 Å². The van der Waals surface area contributed by atoms with Gasteiger partial charge in [-0.2, -0.15) is 5.26 Å². The van der Waals surface area contributed by atoms with E-state index in [2.05, 4.69) is 6.07 Å². The smallest absolute Gasteiger partial charge is 0.343 e. The van der Waals surface area contributed by atoms with Gasteiger partial charge in [0.25, 0.3) is 0 Å². The molecular weight excluding hydrogens is 440 g/mol. The van der Waals surface area contributed by atoms with Crippen molar-refractivity contribution in [1.82, 2.24) is 4.31 Å². The van der Waals surface area contributed by atoms with E-state index in [1.54, 1.807) is 42.5 Å². The summed E-state index contributed by atoms with van der Waals surface area (Å²) in [5.41, 5.74) is 1.92. The molecule has 8 heteroatoms. The Labute approximate surface area is 193 Å². The van der Waals surface area contributed by atoms with Gasteiger partial charge in [0.2, 0.25) is 10.0 Å². The van der Waals surface area contributed by atoms with Crippen molar-refractivity contribution < 1.29 is 22.7 Å². The van der Waals surface area contributed by atoms with Gasteiger partial charge in [0.05, 0.1) is 29.2 Å². The molecule has 0 N–H and O–H groups in total. The number of esters is 1. The molecule has 3 rings (SSSR count).